The molecule has 9 nitrogen and oxygen atoms in total. The highest BCUT2D eigenvalue weighted by atomic mass is 19.1. The third-order valence-electron chi connectivity index (χ3n) is 6.65. The minimum Gasteiger partial charge on any atom is -0.459 e. The van der Waals surface area contributed by atoms with Crippen molar-refractivity contribution < 1.29 is 23.5 Å². The van der Waals surface area contributed by atoms with E-state index in [0.29, 0.717) is 30.5 Å². The molecule has 0 bridgehead atoms. The highest BCUT2D eigenvalue weighted by molar-refractivity contribution is 6.00. The van der Waals surface area contributed by atoms with Crippen LogP contribution in [0.25, 0.3) is 11.0 Å². The summed E-state index contributed by atoms with van der Waals surface area (Å²) in [6.07, 6.45) is -0.217. The van der Waals surface area contributed by atoms with Gasteiger partial charge in [-0.05, 0) is 64.8 Å². The number of hydrogen-bond acceptors (Lipinski definition) is 6. The number of rotatable bonds is 5. The van der Waals surface area contributed by atoms with Crippen LogP contribution in [0.4, 0.5) is 4.39 Å². The number of hydrogen-bond donors (Lipinski definition) is 1. The molecule has 0 radical (unpaired) electrons. The van der Waals surface area contributed by atoms with Crippen LogP contribution in [0.1, 0.15) is 64.5 Å². The molecule has 0 spiro atoms. The number of halogens is 1. The number of nitrogens with zero attached hydrogens (tertiary/aromatic N) is 3. The molecule has 190 valence electrons. The highest BCUT2D eigenvalue weighted by Crippen LogP contribution is 2.33. The number of carbonyl (C=O) groups excluding carboxylic acids is 3. The molecular weight excluding hydrogens is 455 g/mol. The van der Waals surface area contributed by atoms with Gasteiger partial charge in [-0.15, -0.1) is 0 Å². The van der Waals surface area contributed by atoms with Gasteiger partial charge in [0.25, 0.3) is 0 Å². The molecule has 0 saturated carbocycles. The van der Waals surface area contributed by atoms with Gasteiger partial charge in [-0.25, -0.2) is 9.18 Å². The van der Waals surface area contributed by atoms with Crippen molar-refractivity contribution in [2.45, 2.75) is 77.2 Å². The summed E-state index contributed by atoms with van der Waals surface area (Å²) in [5.41, 5.74) is 1.11. The Morgan fingerprint density at radius 2 is 1.91 bits per heavy atom. The number of esters is 1. The number of fused-ring (bicyclic) bond motifs is 1. The van der Waals surface area contributed by atoms with E-state index >= 15 is 4.39 Å². The molecule has 10 heteroatoms. The fraction of sp³-hybridized carbons (Fsp3) is 0.600. The van der Waals surface area contributed by atoms with Crippen molar-refractivity contribution in [3.63, 3.8) is 0 Å². The molecule has 3 atom stereocenters. The summed E-state index contributed by atoms with van der Waals surface area (Å²) < 4.78 is 23.6. The summed E-state index contributed by atoms with van der Waals surface area (Å²) in [6, 6.07) is 4.65. The normalized spacial score (nSPS) is 24.0. The first-order valence-corrected chi connectivity index (χ1v) is 12.1. The lowest BCUT2D eigenvalue weighted by Crippen LogP contribution is -2.44. The maximum atomic E-state index is 15.3. The minimum atomic E-state index is -1.18. The molecule has 1 aromatic carbocycles. The Morgan fingerprint density at radius 3 is 2.54 bits per heavy atom. The van der Waals surface area contributed by atoms with Gasteiger partial charge in [-0.1, -0.05) is 6.07 Å². The number of carbonyl (C=O) groups is 3. The molecule has 0 aliphatic carbocycles. The lowest BCUT2D eigenvalue weighted by atomic mass is 9.87. The van der Waals surface area contributed by atoms with Crippen molar-refractivity contribution in [2.24, 2.45) is 0 Å². The van der Waals surface area contributed by atoms with E-state index in [9.17, 15) is 19.2 Å². The van der Waals surface area contributed by atoms with E-state index in [4.69, 9.17) is 4.74 Å². The predicted octanol–water partition coefficient (Wildman–Crippen LogP) is 2.27. The molecule has 2 aliphatic heterocycles. The van der Waals surface area contributed by atoms with E-state index in [2.05, 4.69) is 5.32 Å². The Morgan fingerprint density at radius 1 is 1.17 bits per heavy atom. The summed E-state index contributed by atoms with van der Waals surface area (Å²) >= 11 is 0. The van der Waals surface area contributed by atoms with Crippen LogP contribution < -0.4 is 11.0 Å². The van der Waals surface area contributed by atoms with Gasteiger partial charge in [-0.2, -0.15) is 0 Å². The van der Waals surface area contributed by atoms with Gasteiger partial charge >= 0.3 is 11.7 Å². The standard InChI is InChI=1S/C25H33FN4O5/c1-5-29-20-12-15(16-10-11-28(13-17(16)26)14-22(32)35-25(2,3)4)6-7-18(20)30(24(29)34)19-8-9-21(31)27-23(19)33/h6-7,12,16-17,19H,5,8-11,13-14H2,1-4H3,(H,27,31,33)/t16-,17+,19?/m1/s1. The topological polar surface area (TPSA) is 103 Å². The summed E-state index contributed by atoms with van der Waals surface area (Å²) in [4.78, 5) is 51.1. The molecule has 2 amide bonds. The van der Waals surface area contributed by atoms with Gasteiger partial charge in [0.2, 0.25) is 11.8 Å². The Kier molecular flexibility index (Phi) is 6.86. The van der Waals surface area contributed by atoms with E-state index in [1.165, 1.54) is 4.57 Å². The van der Waals surface area contributed by atoms with Crippen molar-refractivity contribution in [3.8, 4) is 0 Å². The second-order valence-corrected chi connectivity index (χ2v) is 10.3. The van der Waals surface area contributed by atoms with Gasteiger partial charge in [0, 0.05) is 25.4 Å². The van der Waals surface area contributed by atoms with Gasteiger partial charge in [-0.3, -0.25) is 33.7 Å². The quantitative estimate of drug-likeness (QED) is 0.512. The lowest BCUT2D eigenvalue weighted by Gasteiger charge is -2.35. The first-order chi connectivity index (χ1) is 16.5. The molecular formula is C25H33FN4O5. The summed E-state index contributed by atoms with van der Waals surface area (Å²) in [7, 11) is 0. The van der Waals surface area contributed by atoms with Crippen LogP contribution in [0.15, 0.2) is 23.0 Å². The van der Waals surface area contributed by atoms with Gasteiger partial charge in [0.05, 0.1) is 17.6 Å². The Bertz CT molecular complexity index is 1210. The molecule has 35 heavy (non-hydrogen) atoms. The zero-order chi connectivity index (χ0) is 25.5. The largest absolute Gasteiger partial charge is 0.459 e. The van der Waals surface area contributed by atoms with Gasteiger partial charge in [0.1, 0.15) is 17.8 Å². The number of imide groups is 1. The number of imidazole rings is 1. The first-order valence-electron chi connectivity index (χ1n) is 12.1. The second-order valence-electron chi connectivity index (χ2n) is 10.3. The highest BCUT2D eigenvalue weighted by Gasteiger charge is 2.34. The Labute approximate surface area is 203 Å². The van der Waals surface area contributed by atoms with Crippen molar-refractivity contribution in [2.75, 3.05) is 19.6 Å². The van der Waals surface area contributed by atoms with Gasteiger partial charge < -0.3 is 4.74 Å². The van der Waals surface area contributed by atoms with Crippen molar-refractivity contribution in [1.29, 1.82) is 0 Å². The van der Waals surface area contributed by atoms with Crippen LogP contribution in [0.2, 0.25) is 0 Å². The number of nitrogens with one attached hydrogen (secondary N) is 1. The van der Waals surface area contributed by atoms with E-state index in [0.717, 1.165) is 5.56 Å². The van der Waals surface area contributed by atoms with Crippen LogP contribution >= 0.6 is 0 Å². The van der Waals surface area contributed by atoms with Crippen LogP contribution in [-0.2, 0) is 25.7 Å². The maximum Gasteiger partial charge on any atom is 0.329 e. The van der Waals surface area contributed by atoms with Gasteiger partial charge in [0.15, 0.2) is 0 Å². The van der Waals surface area contributed by atoms with E-state index < -0.39 is 23.7 Å². The first kappa shape index (κ1) is 25.1. The molecule has 2 saturated heterocycles. The molecule has 3 heterocycles. The molecule has 2 fully saturated rings. The second kappa shape index (κ2) is 9.56. The SMILES string of the molecule is CCn1c(=O)n(C2CCC(=O)NC2=O)c2ccc([C@H]3CCN(CC(=O)OC(C)(C)C)C[C@@H]3F)cc21. The van der Waals surface area contributed by atoms with E-state index in [1.807, 2.05) is 19.1 Å². The van der Waals surface area contributed by atoms with Crippen LogP contribution in [0.3, 0.4) is 0 Å². The number of aryl methyl sites for hydroxylation is 1. The number of amides is 2. The van der Waals surface area contributed by atoms with Crippen LogP contribution in [-0.4, -0.2) is 63.2 Å². The summed E-state index contributed by atoms with van der Waals surface area (Å²) in [5.74, 6) is -1.56. The number of benzene rings is 1. The monoisotopic (exact) mass is 488 g/mol. The molecule has 1 unspecified atom stereocenters. The number of alkyl halides is 1. The number of piperidine rings is 2. The molecule has 2 aromatic rings. The smallest absolute Gasteiger partial charge is 0.329 e. The van der Waals surface area contributed by atoms with Crippen LogP contribution in [0, 0.1) is 0 Å². The maximum absolute atomic E-state index is 15.3. The third kappa shape index (κ3) is 5.17. The fourth-order valence-electron chi connectivity index (χ4n) is 5.11. The number of likely N-dealkylation sites (tertiary alicyclic amines) is 1. The zero-order valence-corrected chi connectivity index (χ0v) is 20.7. The predicted molar refractivity (Wildman–Crippen MR) is 128 cm³/mol. The average molecular weight is 489 g/mol. The average Bonchev–Trinajstić information content (AvgIpc) is 3.03. The molecule has 1 N–H and O–H groups in total. The van der Waals surface area contributed by atoms with Crippen molar-refractivity contribution in [3.05, 3.63) is 34.2 Å². The summed E-state index contributed by atoms with van der Waals surface area (Å²) in [5, 5.41) is 2.31. The molecule has 2 aliphatic rings. The molecule has 4 rings (SSSR count). The van der Waals surface area contributed by atoms with Crippen molar-refractivity contribution >= 4 is 28.8 Å². The Hall–Kier alpha value is -3.01. The molecule has 1 aromatic heterocycles. The third-order valence-corrected chi connectivity index (χ3v) is 6.65. The van der Waals surface area contributed by atoms with Crippen LogP contribution in [0.5, 0.6) is 0 Å². The lowest BCUT2D eigenvalue weighted by molar-refractivity contribution is -0.156. The van der Waals surface area contributed by atoms with E-state index in [-0.39, 0.29) is 49.4 Å². The fourth-order valence-corrected chi connectivity index (χ4v) is 5.11. The minimum absolute atomic E-state index is 0.0492. The Balaban J connectivity index is 1.56. The summed E-state index contributed by atoms with van der Waals surface area (Å²) in [6.45, 7) is 8.37. The van der Waals surface area contributed by atoms with E-state index in [1.54, 1.807) is 36.3 Å². The van der Waals surface area contributed by atoms with Crippen molar-refractivity contribution in [1.82, 2.24) is 19.4 Å². The zero-order valence-electron chi connectivity index (χ0n) is 20.7. The number of aromatic nitrogens is 2. The number of ether oxygens (including phenoxy) is 1.